The molecule has 2 N–H and O–H groups in total. The van der Waals surface area contributed by atoms with Crippen LogP contribution in [0, 0.1) is 0 Å². The Morgan fingerprint density at radius 2 is 2.10 bits per heavy atom. The number of carboxylic acids is 1. The van der Waals surface area contributed by atoms with E-state index in [4.69, 9.17) is 5.11 Å². The Hall–Kier alpha value is -2.10. The topological polar surface area (TPSA) is 66.4 Å². The van der Waals surface area contributed by atoms with Crippen molar-refractivity contribution in [2.24, 2.45) is 0 Å². The second kappa shape index (κ2) is 8.95. The molecule has 1 aromatic rings. The summed E-state index contributed by atoms with van der Waals surface area (Å²) in [6.07, 6.45) is 5.49. The van der Waals surface area contributed by atoms with E-state index in [1.165, 1.54) is 0 Å². The average molecular weight is 289 g/mol. The molecular weight excluding hydrogens is 266 g/mol. The minimum Gasteiger partial charge on any atom is -0.478 e. The van der Waals surface area contributed by atoms with Crippen LogP contribution in [0.3, 0.4) is 0 Å². The Morgan fingerprint density at radius 3 is 2.76 bits per heavy atom. The SMILES string of the molecule is C=CCCCC(C)NC(=O)CCc1ccccc1C(=O)O. The summed E-state index contributed by atoms with van der Waals surface area (Å²) in [6.45, 7) is 5.65. The largest absolute Gasteiger partial charge is 0.478 e. The summed E-state index contributed by atoms with van der Waals surface area (Å²) in [5.41, 5.74) is 0.962. The third-order valence-electron chi connectivity index (χ3n) is 3.32. The van der Waals surface area contributed by atoms with Gasteiger partial charge in [-0.15, -0.1) is 6.58 Å². The lowest BCUT2D eigenvalue weighted by atomic mass is 10.0. The molecule has 0 aliphatic heterocycles. The van der Waals surface area contributed by atoms with Crippen molar-refractivity contribution >= 4 is 11.9 Å². The number of allylic oxidation sites excluding steroid dienone is 1. The minimum absolute atomic E-state index is 0.0405. The van der Waals surface area contributed by atoms with Gasteiger partial charge in [0.05, 0.1) is 5.56 Å². The molecule has 0 saturated heterocycles. The van der Waals surface area contributed by atoms with Crippen LogP contribution in [0.2, 0.25) is 0 Å². The number of unbranched alkanes of at least 4 members (excludes halogenated alkanes) is 1. The number of hydrogen-bond donors (Lipinski definition) is 2. The van der Waals surface area contributed by atoms with Crippen LogP contribution in [0.4, 0.5) is 0 Å². The predicted molar refractivity (Wildman–Crippen MR) is 83.4 cm³/mol. The molecule has 1 atom stereocenters. The third kappa shape index (κ3) is 6.25. The summed E-state index contributed by atoms with van der Waals surface area (Å²) < 4.78 is 0. The molecule has 0 aromatic heterocycles. The van der Waals surface area contributed by atoms with Gasteiger partial charge in [-0.1, -0.05) is 24.3 Å². The van der Waals surface area contributed by atoms with Gasteiger partial charge in [0.25, 0.3) is 0 Å². The average Bonchev–Trinajstić information content (AvgIpc) is 2.45. The number of aromatic carboxylic acids is 1. The summed E-state index contributed by atoms with van der Waals surface area (Å²) in [5, 5.41) is 12.0. The quantitative estimate of drug-likeness (QED) is 0.542. The second-order valence-electron chi connectivity index (χ2n) is 5.15. The van der Waals surface area contributed by atoms with E-state index >= 15 is 0 Å². The van der Waals surface area contributed by atoms with Gasteiger partial charge in [-0.3, -0.25) is 4.79 Å². The first kappa shape index (κ1) is 17.0. The first-order chi connectivity index (χ1) is 10.0. The van der Waals surface area contributed by atoms with E-state index in [1.807, 2.05) is 13.0 Å². The zero-order chi connectivity index (χ0) is 15.7. The number of carbonyl (C=O) groups excluding carboxylic acids is 1. The monoisotopic (exact) mass is 289 g/mol. The molecule has 1 amide bonds. The lowest BCUT2D eigenvalue weighted by Gasteiger charge is -2.13. The van der Waals surface area contributed by atoms with Crippen molar-refractivity contribution in [1.82, 2.24) is 5.32 Å². The molecule has 0 bridgehead atoms. The van der Waals surface area contributed by atoms with Gasteiger partial charge in [0.15, 0.2) is 0 Å². The van der Waals surface area contributed by atoms with Crippen molar-refractivity contribution in [3.8, 4) is 0 Å². The number of amides is 1. The molecule has 0 heterocycles. The number of carboxylic acid groups (broad SMARTS) is 1. The highest BCUT2D eigenvalue weighted by atomic mass is 16.4. The maximum Gasteiger partial charge on any atom is 0.335 e. The zero-order valence-electron chi connectivity index (χ0n) is 12.5. The summed E-state index contributed by atoms with van der Waals surface area (Å²) in [5.74, 6) is -0.995. The predicted octanol–water partition coefficient (Wildman–Crippen LogP) is 3.18. The van der Waals surface area contributed by atoms with E-state index in [-0.39, 0.29) is 17.5 Å². The van der Waals surface area contributed by atoms with Gasteiger partial charge in [-0.25, -0.2) is 4.79 Å². The molecule has 21 heavy (non-hydrogen) atoms. The Kier molecular flexibility index (Phi) is 7.23. The fourth-order valence-electron chi connectivity index (χ4n) is 2.18. The van der Waals surface area contributed by atoms with Gasteiger partial charge < -0.3 is 10.4 Å². The Balaban J connectivity index is 2.43. The number of carbonyl (C=O) groups is 2. The molecule has 0 fully saturated rings. The smallest absolute Gasteiger partial charge is 0.335 e. The lowest BCUT2D eigenvalue weighted by Crippen LogP contribution is -2.32. The highest BCUT2D eigenvalue weighted by Crippen LogP contribution is 2.11. The number of hydrogen-bond acceptors (Lipinski definition) is 2. The number of benzene rings is 1. The zero-order valence-corrected chi connectivity index (χ0v) is 12.5. The molecular formula is C17H23NO3. The van der Waals surface area contributed by atoms with Gasteiger partial charge in [0, 0.05) is 12.5 Å². The summed E-state index contributed by atoms with van der Waals surface area (Å²) in [6, 6.07) is 6.93. The first-order valence-corrected chi connectivity index (χ1v) is 7.26. The van der Waals surface area contributed by atoms with E-state index in [9.17, 15) is 9.59 Å². The van der Waals surface area contributed by atoms with Gasteiger partial charge in [0.1, 0.15) is 0 Å². The van der Waals surface area contributed by atoms with E-state index in [0.29, 0.717) is 18.4 Å². The van der Waals surface area contributed by atoms with Crippen LogP contribution < -0.4 is 5.32 Å². The fraction of sp³-hybridized carbons (Fsp3) is 0.412. The molecule has 4 nitrogen and oxygen atoms in total. The molecule has 1 unspecified atom stereocenters. The molecule has 0 spiro atoms. The maximum absolute atomic E-state index is 11.9. The summed E-state index contributed by atoms with van der Waals surface area (Å²) in [4.78, 5) is 22.9. The minimum atomic E-state index is -0.955. The molecule has 1 rings (SSSR count). The highest BCUT2D eigenvalue weighted by molar-refractivity contribution is 5.89. The summed E-state index contributed by atoms with van der Waals surface area (Å²) in [7, 11) is 0. The molecule has 0 aliphatic carbocycles. The van der Waals surface area contributed by atoms with E-state index in [0.717, 1.165) is 19.3 Å². The number of nitrogens with one attached hydrogen (secondary N) is 1. The van der Waals surface area contributed by atoms with Gasteiger partial charge in [-0.05, 0) is 44.2 Å². The highest BCUT2D eigenvalue weighted by Gasteiger charge is 2.11. The fourth-order valence-corrected chi connectivity index (χ4v) is 2.18. The molecule has 4 heteroatoms. The van der Waals surface area contributed by atoms with Crippen LogP contribution in [-0.4, -0.2) is 23.0 Å². The van der Waals surface area contributed by atoms with Crippen molar-refractivity contribution in [2.75, 3.05) is 0 Å². The van der Waals surface area contributed by atoms with Gasteiger partial charge in [-0.2, -0.15) is 0 Å². The van der Waals surface area contributed by atoms with Gasteiger partial charge in [0.2, 0.25) is 5.91 Å². The van der Waals surface area contributed by atoms with E-state index < -0.39 is 5.97 Å². The molecule has 0 saturated carbocycles. The molecule has 0 aliphatic rings. The van der Waals surface area contributed by atoms with Gasteiger partial charge >= 0.3 is 5.97 Å². The van der Waals surface area contributed by atoms with Crippen molar-refractivity contribution in [3.05, 3.63) is 48.0 Å². The van der Waals surface area contributed by atoms with E-state index in [2.05, 4.69) is 11.9 Å². The van der Waals surface area contributed by atoms with E-state index in [1.54, 1.807) is 24.3 Å². The van der Waals surface area contributed by atoms with Crippen LogP contribution in [0.25, 0.3) is 0 Å². The van der Waals surface area contributed by atoms with Crippen LogP contribution in [0.15, 0.2) is 36.9 Å². The summed E-state index contributed by atoms with van der Waals surface area (Å²) >= 11 is 0. The van der Waals surface area contributed by atoms with Crippen molar-refractivity contribution in [1.29, 1.82) is 0 Å². The van der Waals surface area contributed by atoms with Crippen molar-refractivity contribution < 1.29 is 14.7 Å². The number of rotatable bonds is 9. The van der Waals surface area contributed by atoms with Crippen molar-refractivity contribution in [2.45, 2.75) is 45.1 Å². The Morgan fingerprint density at radius 1 is 1.38 bits per heavy atom. The molecule has 114 valence electrons. The van der Waals surface area contributed by atoms with Crippen molar-refractivity contribution in [3.63, 3.8) is 0 Å². The standard InChI is InChI=1S/C17H23NO3/c1-3-4-5-8-13(2)18-16(19)12-11-14-9-6-7-10-15(14)17(20)21/h3,6-7,9-10,13H,1,4-5,8,11-12H2,2H3,(H,18,19)(H,20,21). The van der Waals surface area contributed by atoms with Crippen LogP contribution >= 0.6 is 0 Å². The van der Waals surface area contributed by atoms with Crippen LogP contribution in [0.5, 0.6) is 0 Å². The number of aryl methyl sites for hydroxylation is 1. The normalized spacial score (nSPS) is 11.7. The lowest BCUT2D eigenvalue weighted by molar-refractivity contribution is -0.121. The third-order valence-corrected chi connectivity index (χ3v) is 3.32. The maximum atomic E-state index is 11.9. The Labute approximate surface area is 125 Å². The van der Waals surface area contributed by atoms with Crippen LogP contribution in [0.1, 0.15) is 48.5 Å². The molecule has 0 radical (unpaired) electrons. The molecule has 1 aromatic carbocycles. The second-order valence-corrected chi connectivity index (χ2v) is 5.15. The Bertz CT molecular complexity index is 497. The van der Waals surface area contributed by atoms with Crippen LogP contribution in [-0.2, 0) is 11.2 Å². The first-order valence-electron chi connectivity index (χ1n) is 7.26.